The van der Waals surface area contributed by atoms with Crippen molar-refractivity contribution in [3.63, 3.8) is 0 Å². The zero-order valence-electron chi connectivity index (χ0n) is 36.2. The first-order valence-electron chi connectivity index (χ1n) is 21.2. The molecule has 0 aliphatic heterocycles. The molecule has 0 saturated carbocycles. The Morgan fingerprint density at radius 2 is 1.06 bits per heavy atom. The molecule has 15 heteroatoms. The summed E-state index contributed by atoms with van der Waals surface area (Å²) in [6.07, 6.45) is 7.39. The summed E-state index contributed by atoms with van der Waals surface area (Å²) in [5.41, 5.74) is 3.52. The van der Waals surface area contributed by atoms with E-state index < -0.39 is 21.8 Å². The Labute approximate surface area is 385 Å². The number of benzene rings is 6. The molecule has 3 amide bonds. The molecule has 0 atom stereocenters. The van der Waals surface area contributed by atoms with E-state index in [2.05, 4.69) is 31.6 Å². The lowest BCUT2D eigenvalue weighted by atomic mass is 10.1. The molecular weight excluding hydrogens is 865 g/mol. The molecule has 0 fully saturated rings. The summed E-state index contributed by atoms with van der Waals surface area (Å²) in [5.74, 6) is 4.69. The number of unbranched alkanes of at least 4 members (excludes halogenated alkanes) is 6. The van der Waals surface area contributed by atoms with Crippen molar-refractivity contribution in [2.75, 3.05) is 10.6 Å². The molecular formula is C50H54N4O9S2. The number of amides is 3. The fourth-order valence-corrected chi connectivity index (χ4v) is 7.96. The molecule has 6 rings (SSSR count). The van der Waals surface area contributed by atoms with E-state index in [9.17, 15) is 22.8 Å². The van der Waals surface area contributed by atoms with Crippen LogP contribution in [0.5, 0.6) is 11.5 Å². The van der Waals surface area contributed by atoms with Crippen LogP contribution in [0.1, 0.15) is 90.1 Å². The highest BCUT2D eigenvalue weighted by molar-refractivity contribution is 7.94. The molecule has 6 aromatic carbocycles. The third kappa shape index (κ3) is 17.2. The summed E-state index contributed by atoms with van der Waals surface area (Å²) >= 11 is 0.906. The number of carbonyl (C=O) groups excluding carboxylic acids is 3. The second kappa shape index (κ2) is 27.0. The number of carbonyl (C=O) groups is 3. The molecule has 0 bridgehead atoms. The monoisotopic (exact) mass is 918 g/mol. The maximum atomic E-state index is 13.0. The number of anilines is 2. The van der Waals surface area contributed by atoms with E-state index in [1.165, 1.54) is 31.4 Å². The van der Waals surface area contributed by atoms with Crippen molar-refractivity contribution in [3.05, 3.63) is 180 Å². The van der Waals surface area contributed by atoms with Gasteiger partial charge in [-0.05, 0) is 78.2 Å². The van der Waals surface area contributed by atoms with Crippen molar-refractivity contribution in [2.24, 2.45) is 5.90 Å². The van der Waals surface area contributed by atoms with E-state index in [0.717, 1.165) is 42.4 Å². The molecule has 0 radical (unpaired) electrons. The fraction of sp³-hybridized carbons (Fsp3) is 0.220. The lowest BCUT2D eigenvalue weighted by molar-refractivity contribution is -0.195. The Balaban J connectivity index is 0.000000258. The SMILES string of the molecule is CCCCCCCCCC(=O)NS(=O)(=O)c1ccccc1NC(=O)c1cccc(OCc2ccccc2)c1.NOOSc1ccccc1NC(=O)c1cccc(OCc2ccccc2)c1. The second-order valence-corrected chi connectivity index (χ2v) is 17.0. The molecule has 0 unspecified atom stereocenters. The third-order valence-corrected chi connectivity index (χ3v) is 11.8. The number of rotatable bonds is 23. The van der Waals surface area contributed by atoms with E-state index in [0.29, 0.717) is 52.8 Å². The van der Waals surface area contributed by atoms with Crippen LogP contribution in [0.3, 0.4) is 0 Å². The number of ether oxygens (including phenoxy) is 2. The summed E-state index contributed by atoms with van der Waals surface area (Å²) in [6, 6.07) is 46.3. The van der Waals surface area contributed by atoms with Crippen molar-refractivity contribution < 1.29 is 41.6 Å². The van der Waals surface area contributed by atoms with Crippen molar-refractivity contribution in [1.82, 2.24) is 4.72 Å². The highest BCUT2D eigenvalue weighted by Gasteiger charge is 2.22. The number of hydrogen-bond donors (Lipinski definition) is 4. The van der Waals surface area contributed by atoms with Crippen LogP contribution in [-0.4, -0.2) is 26.1 Å². The Morgan fingerprint density at radius 3 is 1.63 bits per heavy atom. The molecule has 0 saturated heterocycles. The minimum Gasteiger partial charge on any atom is -0.489 e. The standard InChI is InChI=1S/C30H36N2O5S.C20H18N2O4S/c1-2-3-4-5-6-7-11-21-29(33)32-38(35,36)28-20-13-12-19-27(28)31-30(34)25-17-14-18-26(22-25)37-23-24-15-9-8-10-16-24;21-25-26-27-19-12-5-4-11-18(19)22-20(23)16-9-6-10-17(13-16)24-14-15-7-2-1-3-8-15/h8-10,12-20,22H,2-7,11,21,23H2,1H3,(H,31,34)(H,32,33);1-13H,14,21H2,(H,22,23). The Morgan fingerprint density at radius 1 is 0.569 bits per heavy atom. The van der Waals surface area contributed by atoms with Gasteiger partial charge in [-0.1, -0.05) is 143 Å². The Hall–Kier alpha value is -6.49. The minimum absolute atomic E-state index is 0.0873. The van der Waals surface area contributed by atoms with Crippen LogP contribution in [0, 0.1) is 0 Å². The van der Waals surface area contributed by atoms with E-state index in [1.807, 2.05) is 78.9 Å². The largest absolute Gasteiger partial charge is 0.489 e. The van der Waals surface area contributed by atoms with Crippen LogP contribution < -0.4 is 30.7 Å². The second-order valence-electron chi connectivity index (χ2n) is 14.7. The topological polar surface area (TPSA) is 184 Å². The van der Waals surface area contributed by atoms with E-state index >= 15 is 0 Å². The highest BCUT2D eigenvalue weighted by Crippen LogP contribution is 2.28. The van der Waals surface area contributed by atoms with Gasteiger partial charge >= 0.3 is 0 Å². The van der Waals surface area contributed by atoms with Gasteiger partial charge in [-0.3, -0.25) is 14.4 Å². The van der Waals surface area contributed by atoms with Crippen LogP contribution in [0.25, 0.3) is 0 Å². The molecule has 0 aliphatic rings. The molecule has 5 N–H and O–H groups in total. The van der Waals surface area contributed by atoms with Gasteiger partial charge in [0, 0.05) is 17.5 Å². The van der Waals surface area contributed by atoms with Crippen LogP contribution in [-0.2, 0) is 37.4 Å². The predicted molar refractivity (Wildman–Crippen MR) is 253 cm³/mol. The summed E-state index contributed by atoms with van der Waals surface area (Å²) in [7, 11) is -4.16. The maximum absolute atomic E-state index is 13.0. The van der Waals surface area contributed by atoms with Crippen LogP contribution in [0.4, 0.5) is 11.4 Å². The average molecular weight is 919 g/mol. The minimum atomic E-state index is -4.16. The molecule has 0 aliphatic carbocycles. The van der Waals surface area contributed by atoms with Gasteiger partial charge < -0.3 is 20.1 Å². The normalized spacial score (nSPS) is 10.8. The lowest BCUT2D eigenvalue weighted by Crippen LogP contribution is -2.31. The smallest absolute Gasteiger partial charge is 0.266 e. The summed E-state index contributed by atoms with van der Waals surface area (Å²) in [6.45, 7) is 2.95. The quantitative estimate of drug-likeness (QED) is 0.0207. The lowest BCUT2D eigenvalue weighted by Gasteiger charge is -2.13. The van der Waals surface area contributed by atoms with Crippen LogP contribution >= 0.6 is 12.0 Å². The highest BCUT2D eigenvalue weighted by atomic mass is 32.2. The Bertz CT molecular complexity index is 2530. The van der Waals surface area contributed by atoms with Gasteiger partial charge in [-0.25, -0.2) is 13.1 Å². The average Bonchev–Trinajstić information content (AvgIpc) is 3.33. The predicted octanol–water partition coefficient (Wildman–Crippen LogP) is 10.8. The summed E-state index contributed by atoms with van der Waals surface area (Å²) in [5, 5.41) is 5.50. The number of hydrogen-bond acceptors (Lipinski definition) is 11. The molecule has 13 nitrogen and oxygen atoms in total. The molecule has 6 aromatic rings. The molecule has 340 valence electrons. The zero-order chi connectivity index (χ0) is 46.1. The van der Waals surface area contributed by atoms with Gasteiger partial charge in [0.25, 0.3) is 21.8 Å². The van der Waals surface area contributed by atoms with Crippen LogP contribution in [0.2, 0.25) is 0 Å². The maximum Gasteiger partial charge on any atom is 0.266 e. The first-order chi connectivity index (χ1) is 31.6. The van der Waals surface area contributed by atoms with Gasteiger partial charge in [0.05, 0.1) is 28.3 Å². The van der Waals surface area contributed by atoms with Gasteiger partial charge in [0.15, 0.2) is 0 Å². The van der Waals surface area contributed by atoms with Crippen molar-refractivity contribution in [3.8, 4) is 11.5 Å². The molecule has 0 aromatic heterocycles. The summed E-state index contributed by atoms with van der Waals surface area (Å²) in [4.78, 5) is 42.5. The van der Waals surface area contributed by atoms with Crippen molar-refractivity contribution >= 4 is 51.2 Å². The summed E-state index contributed by atoms with van der Waals surface area (Å²) < 4.78 is 44.3. The fourth-order valence-electron chi connectivity index (χ4n) is 6.33. The van der Waals surface area contributed by atoms with Crippen molar-refractivity contribution in [1.29, 1.82) is 0 Å². The number of sulfonamides is 1. The zero-order valence-corrected chi connectivity index (χ0v) is 37.8. The molecule has 65 heavy (non-hydrogen) atoms. The Kier molecular flexibility index (Phi) is 20.6. The molecule has 0 heterocycles. The van der Waals surface area contributed by atoms with Crippen LogP contribution in [0.15, 0.2) is 168 Å². The van der Waals surface area contributed by atoms with Crippen molar-refractivity contribution in [2.45, 2.75) is 81.3 Å². The first-order valence-corrected chi connectivity index (χ1v) is 23.5. The van der Waals surface area contributed by atoms with E-state index in [-0.39, 0.29) is 22.9 Å². The number of nitrogens with one attached hydrogen (secondary N) is 3. The van der Waals surface area contributed by atoms with Gasteiger partial charge in [0.1, 0.15) is 29.6 Å². The number of nitrogens with two attached hydrogens (primary N) is 1. The van der Waals surface area contributed by atoms with E-state index in [1.54, 1.807) is 66.7 Å². The van der Waals surface area contributed by atoms with Gasteiger partial charge in [-0.15, -0.1) is 9.32 Å². The van der Waals surface area contributed by atoms with Gasteiger partial charge in [0.2, 0.25) is 5.91 Å². The van der Waals surface area contributed by atoms with Gasteiger partial charge in [-0.2, -0.15) is 5.90 Å². The van der Waals surface area contributed by atoms with E-state index in [4.69, 9.17) is 15.4 Å². The molecule has 0 spiro atoms. The number of para-hydroxylation sites is 2. The third-order valence-electron chi connectivity index (χ3n) is 9.67. The first kappa shape index (κ1) is 49.5.